The maximum atomic E-state index is 3.69. The summed E-state index contributed by atoms with van der Waals surface area (Å²) in [6.45, 7) is 10.9. The van der Waals surface area contributed by atoms with Crippen molar-refractivity contribution in [3.05, 3.63) is 0 Å². The largest absolute Gasteiger partial charge is 0.314 e. The molecule has 1 unspecified atom stereocenters. The van der Waals surface area contributed by atoms with Crippen molar-refractivity contribution < 1.29 is 0 Å². The lowest BCUT2D eigenvalue weighted by Gasteiger charge is -2.42. The van der Waals surface area contributed by atoms with Gasteiger partial charge in [0, 0.05) is 12.1 Å². The Labute approximate surface area is 126 Å². The highest BCUT2D eigenvalue weighted by atomic mass is 15.2. The van der Waals surface area contributed by atoms with Gasteiger partial charge in [-0.15, -0.1) is 0 Å². The van der Waals surface area contributed by atoms with E-state index in [9.17, 15) is 0 Å². The molecule has 0 spiro atoms. The van der Waals surface area contributed by atoms with Crippen molar-refractivity contribution in [2.24, 2.45) is 11.8 Å². The zero-order chi connectivity index (χ0) is 14.4. The maximum absolute atomic E-state index is 3.69. The van der Waals surface area contributed by atoms with Gasteiger partial charge in [0.2, 0.25) is 0 Å². The Balaban J connectivity index is 1.69. The average Bonchev–Trinajstić information content (AvgIpc) is 2.53. The molecule has 2 heteroatoms. The highest BCUT2D eigenvalue weighted by Crippen LogP contribution is 2.32. The maximum Gasteiger partial charge on any atom is 0.00954 e. The summed E-state index contributed by atoms with van der Waals surface area (Å²) in [5.41, 5.74) is 0. The SMILES string of the molecule is CCCNC(C)C1CCN(C2CCC(CC)CC2)CC1. The molecule has 1 saturated heterocycles. The zero-order valence-corrected chi connectivity index (χ0v) is 14.0. The van der Waals surface area contributed by atoms with Gasteiger partial charge in [-0.25, -0.2) is 0 Å². The van der Waals surface area contributed by atoms with Gasteiger partial charge in [0.25, 0.3) is 0 Å². The fraction of sp³-hybridized carbons (Fsp3) is 1.00. The first-order valence-corrected chi connectivity index (χ1v) is 9.22. The van der Waals surface area contributed by atoms with Crippen molar-refractivity contribution in [2.75, 3.05) is 19.6 Å². The molecule has 1 aliphatic heterocycles. The lowest BCUT2D eigenvalue weighted by atomic mass is 9.82. The highest BCUT2D eigenvalue weighted by molar-refractivity contribution is 4.85. The van der Waals surface area contributed by atoms with Crippen molar-refractivity contribution in [1.82, 2.24) is 10.2 Å². The minimum atomic E-state index is 0.716. The standard InChI is InChI=1S/C18H36N2/c1-4-12-19-15(3)17-10-13-20(14-11-17)18-8-6-16(5-2)7-9-18/h15-19H,4-14H2,1-3H3. The minimum Gasteiger partial charge on any atom is -0.314 e. The van der Waals surface area contributed by atoms with Gasteiger partial charge in [0.05, 0.1) is 0 Å². The van der Waals surface area contributed by atoms with Crippen LogP contribution in [0.15, 0.2) is 0 Å². The van der Waals surface area contributed by atoms with Crippen LogP contribution in [-0.2, 0) is 0 Å². The lowest BCUT2D eigenvalue weighted by Crippen LogP contribution is -2.46. The van der Waals surface area contributed by atoms with Crippen LogP contribution >= 0.6 is 0 Å². The second-order valence-corrected chi connectivity index (χ2v) is 7.20. The summed E-state index contributed by atoms with van der Waals surface area (Å²) >= 11 is 0. The van der Waals surface area contributed by atoms with E-state index in [-0.39, 0.29) is 0 Å². The smallest absolute Gasteiger partial charge is 0.00954 e. The van der Waals surface area contributed by atoms with Gasteiger partial charge in [-0.2, -0.15) is 0 Å². The van der Waals surface area contributed by atoms with Crippen LogP contribution in [-0.4, -0.2) is 36.6 Å². The lowest BCUT2D eigenvalue weighted by molar-refractivity contribution is 0.0855. The molecule has 2 fully saturated rings. The van der Waals surface area contributed by atoms with Crippen LogP contribution in [0.4, 0.5) is 0 Å². The van der Waals surface area contributed by atoms with Gasteiger partial charge >= 0.3 is 0 Å². The van der Waals surface area contributed by atoms with E-state index < -0.39 is 0 Å². The topological polar surface area (TPSA) is 15.3 Å². The molecule has 118 valence electrons. The van der Waals surface area contributed by atoms with E-state index in [1.165, 1.54) is 71.0 Å². The number of hydrogen-bond acceptors (Lipinski definition) is 2. The van der Waals surface area contributed by atoms with E-state index in [1.54, 1.807) is 0 Å². The quantitative estimate of drug-likeness (QED) is 0.789. The third-order valence-corrected chi connectivity index (χ3v) is 5.91. The zero-order valence-electron chi connectivity index (χ0n) is 14.0. The van der Waals surface area contributed by atoms with Crippen molar-refractivity contribution in [1.29, 1.82) is 0 Å². The first-order chi connectivity index (χ1) is 9.74. The van der Waals surface area contributed by atoms with E-state index in [0.717, 1.165) is 17.9 Å². The number of hydrogen-bond donors (Lipinski definition) is 1. The Bertz CT molecular complexity index is 250. The van der Waals surface area contributed by atoms with E-state index in [1.807, 2.05) is 0 Å². The van der Waals surface area contributed by atoms with Crippen molar-refractivity contribution >= 4 is 0 Å². The number of nitrogens with zero attached hydrogens (tertiary/aromatic N) is 1. The minimum absolute atomic E-state index is 0.716. The van der Waals surface area contributed by atoms with E-state index in [0.29, 0.717) is 6.04 Å². The van der Waals surface area contributed by atoms with Gasteiger partial charge in [-0.05, 0) is 83.3 Å². The molecule has 1 N–H and O–H groups in total. The molecule has 0 bridgehead atoms. The van der Waals surface area contributed by atoms with Gasteiger partial charge < -0.3 is 10.2 Å². The molecular weight excluding hydrogens is 244 g/mol. The van der Waals surface area contributed by atoms with Crippen LogP contribution in [0.1, 0.15) is 72.1 Å². The molecule has 1 aliphatic carbocycles. The Morgan fingerprint density at radius 1 is 1.00 bits per heavy atom. The van der Waals surface area contributed by atoms with E-state index in [2.05, 4.69) is 31.0 Å². The van der Waals surface area contributed by atoms with Crippen LogP contribution < -0.4 is 5.32 Å². The summed E-state index contributed by atoms with van der Waals surface area (Å²) in [5.74, 6) is 1.94. The first-order valence-electron chi connectivity index (χ1n) is 9.22. The summed E-state index contributed by atoms with van der Waals surface area (Å²) in [5, 5.41) is 3.69. The molecule has 1 atom stereocenters. The predicted octanol–water partition coefficient (Wildman–Crippen LogP) is 4.06. The number of rotatable bonds is 6. The third-order valence-electron chi connectivity index (χ3n) is 5.91. The summed E-state index contributed by atoms with van der Waals surface area (Å²) in [7, 11) is 0. The molecule has 2 aliphatic rings. The molecule has 0 aromatic carbocycles. The third kappa shape index (κ3) is 4.46. The van der Waals surface area contributed by atoms with Crippen molar-refractivity contribution in [3.8, 4) is 0 Å². The molecule has 0 aromatic rings. The summed E-state index contributed by atoms with van der Waals surface area (Å²) in [6, 6.07) is 1.63. The summed E-state index contributed by atoms with van der Waals surface area (Å²) in [4.78, 5) is 2.81. The molecule has 0 radical (unpaired) electrons. The molecule has 1 saturated carbocycles. The first kappa shape index (κ1) is 16.3. The number of likely N-dealkylation sites (tertiary alicyclic amines) is 1. The number of nitrogens with one attached hydrogen (secondary N) is 1. The summed E-state index contributed by atoms with van der Waals surface area (Å²) < 4.78 is 0. The Kier molecular flexibility index (Phi) is 6.83. The second-order valence-electron chi connectivity index (χ2n) is 7.20. The van der Waals surface area contributed by atoms with Crippen molar-refractivity contribution in [2.45, 2.75) is 84.2 Å². The van der Waals surface area contributed by atoms with Gasteiger partial charge in [0.1, 0.15) is 0 Å². The predicted molar refractivity (Wildman–Crippen MR) is 88.1 cm³/mol. The van der Waals surface area contributed by atoms with Crippen molar-refractivity contribution in [3.63, 3.8) is 0 Å². The van der Waals surface area contributed by atoms with Gasteiger partial charge in [0.15, 0.2) is 0 Å². The molecule has 0 aromatic heterocycles. The monoisotopic (exact) mass is 280 g/mol. The van der Waals surface area contributed by atoms with Crippen LogP contribution in [0.25, 0.3) is 0 Å². The molecule has 0 amide bonds. The molecular formula is C18H36N2. The van der Waals surface area contributed by atoms with E-state index in [4.69, 9.17) is 0 Å². The Morgan fingerprint density at radius 2 is 1.65 bits per heavy atom. The van der Waals surface area contributed by atoms with Crippen LogP contribution in [0, 0.1) is 11.8 Å². The highest BCUT2D eigenvalue weighted by Gasteiger charge is 2.29. The molecule has 1 heterocycles. The summed E-state index contributed by atoms with van der Waals surface area (Å²) in [6.07, 6.45) is 11.4. The van der Waals surface area contributed by atoms with Crippen LogP contribution in [0.2, 0.25) is 0 Å². The number of piperidine rings is 1. The molecule has 20 heavy (non-hydrogen) atoms. The van der Waals surface area contributed by atoms with Crippen LogP contribution in [0.3, 0.4) is 0 Å². The molecule has 2 nitrogen and oxygen atoms in total. The molecule has 2 rings (SSSR count). The van der Waals surface area contributed by atoms with Gasteiger partial charge in [-0.1, -0.05) is 20.3 Å². The average molecular weight is 280 g/mol. The normalized spacial score (nSPS) is 31.4. The fourth-order valence-corrected chi connectivity index (χ4v) is 4.24. The Hall–Kier alpha value is -0.0800. The van der Waals surface area contributed by atoms with Crippen LogP contribution in [0.5, 0.6) is 0 Å². The second kappa shape index (κ2) is 8.38. The fourth-order valence-electron chi connectivity index (χ4n) is 4.24. The van der Waals surface area contributed by atoms with E-state index >= 15 is 0 Å². The Morgan fingerprint density at radius 3 is 2.20 bits per heavy atom. The van der Waals surface area contributed by atoms with Gasteiger partial charge in [-0.3, -0.25) is 0 Å².